The van der Waals surface area contributed by atoms with Gasteiger partial charge in [-0.2, -0.15) is 0 Å². The summed E-state index contributed by atoms with van der Waals surface area (Å²) in [5, 5.41) is 2.98. The molecule has 0 aliphatic carbocycles. The van der Waals surface area contributed by atoms with Gasteiger partial charge in [0.25, 0.3) is 0 Å². The Morgan fingerprint density at radius 1 is 0.653 bits per heavy atom. The van der Waals surface area contributed by atoms with Crippen molar-refractivity contribution in [2.24, 2.45) is 0 Å². The maximum atomic E-state index is 8.06. The molecular formula is C43H32IrN4O-2. The quantitative estimate of drug-likeness (QED) is 0.167. The number of furan rings is 1. The zero-order chi connectivity index (χ0) is 42.8. The van der Waals surface area contributed by atoms with Gasteiger partial charge in [-0.1, -0.05) is 65.8 Å². The molecule has 241 valence electrons. The van der Waals surface area contributed by atoms with Gasteiger partial charge in [0.15, 0.2) is 0 Å². The van der Waals surface area contributed by atoms with Crippen LogP contribution in [0.2, 0.25) is 0 Å². The monoisotopic (exact) mass is 825 g/mol. The van der Waals surface area contributed by atoms with Gasteiger partial charge in [-0.3, -0.25) is 4.98 Å². The van der Waals surface area contributed by atoms with E-state index in [9.17, 15) is 0 Å². The van der Waals surface area contributed by atoms with Crippen molar-refractivity contribution in [3.8, 4) is 28.2 Å². The number of aromatic nitrogens is 4. The second-order valence-corrected chi connectivity index (χ2v) is 11.2. The molecule has 0 saturated heterocycles. The van der Waals surface area contributed by atoms with Gasteiger partial charge in [-0.25, -0.2) is 0 Å². The summed E-state index contributed by atoms with van der Waals surface area (Å²) in [6.07, 6.45) is 6.69. The Hall–Kier alpha value is -5.42. The molecule has 0 aliphatic rings. The fourth-order valence-corrected chi connectivity index (χ4v) is 5.92. The number of rotatable bonds is 3. The molecule has 0 atom stereocenters. The molecule has 9 rings (SSSR count). The minimum atomic E-state index is -2.57. The minimum absolute atomic E-state index is 0. The van der Waals surface area contributed by atoms with E-state index < -0.39 is 27.4 Å². The largest absolute Gasteiger partial charge is 0.500 e. The molecule has 0 N–H and O–H groups in total. The van der Waals surface area contributed by atoms with Gasteiger partial charge >= 0.3 is 0 Å². The second-order valence-electron chi connectivity index (χ2n) is 11.2. The molecule has 4 aromatic carbocycles. The molecule has 0 aliphatic heterocycles. The number of hydrogen-bond donors (Lipinski definition) is 0. The average molecular weight is 825 g/mol. The molecule has 0 unspecified atom stereocenters. The van der Waals surface area contributed by atoms with Gasteiger partial charge in [0.1, 0.15) is 5.58 Å². The summed E-state index contributed by atoms with van der Waals surface area (Å²) in [7, 11) is 0. The maximum absolute atomic E-state index is 8.06. The van der Waals surface area contributed by atoms with E-state index in [2.05, 4.69) is 26.7 Å². The predicted octanol–water partition coefficient (Wildman–Crippen LogP) is 10.7. The standard InChI is InChI=1S/C30H20N3O.C13H12N.Ir/c1-18-13-19(2)29-24(14-18)22-9-6-10-23(30(22)34-29)26-15-27-25(16-32-26)21-11-12-31-17-28(21)33(27)20-7-4-3-5-8-20;1-10-3-6-12(7-4-10)13-8-5-11(2)9-14-13;/h3-9,11-17H,1-2H3;3-6,8-9H,1-2H3;/q2*-1;/i2*1D3,2D3;. The minimum Gasteiger partial charge on any atom is -0.500 e. The van der Waals surface area contributed by atoms with Crippen molar-refractivity contribution in [1.82, 2.24) is 19.5 Å². The van der Waals surface area contributed by atoms with Crippen LogP contribution in [-0.4, -0.2) is 19.5 Å². The van der Waals surface area contributed by atoms with E-state index in [0.717, 1.165) is 27.5 Å². The van der Waals surface area contributed by atoms with Crippen LogP contribution in [0, 0.1) is 39.5 Å². The van der Waals surface area contributed by atoms with Crippen LogP contribution in [0.3, 0.4) is 0 Å². The second kappa shape index (κ2) is 13.2. The Kier molecular flexibility index (Phi) is 5.63. The molecule has 0 amide bonds. The van der Waals surface area contributed by atoms with E-state index in [1.54, 1.807) is 30.5 Å². The number of fused-ring (bicyclic) bond motifs is 6. The molecule has 6 heteroatoms. The summed E-state index contributed by atoms with van der Waals surface area (Å²) in [6.45, 7) is -9.39. The zero-order valence-electron chi connectivity index (χ0n) is 37.6. The summed E-state index contributed by atoms with van der Waals surface area (Å²) in [6, 6.07) is 33.7. The molecule has 5 heterocycles. The number of aryl methyl sites for hydroxylation is 4. The van der Waals surface area contributed by atoms with Crippen molar-refractivity contribution in [1.29, 1.82) is 0 Å². The smallest absolute Gasteiger partial charge is 0.123 e. The first-order valence-corrected chi connectivity index (χ1v) is 15.0. The molecule has 0 bridgehead atoms. The van der Waals surface area contributed by atoms with Crippen LogP contribution in [0.15, 0.2) is 126 Å². The molecule has 0 fully saturated rings. The molecule has 0 spiro atoms. The van der Waals surface area contributed by atoms with Crippen molar-refractivity contribution < 1.29 is 41.0 Å². The normalized spacial score (nSPS) is 15.8. The van der Waals surface area contributed by atoms with Gasteiger partial charge in [-0.05, 0) is 67.3 Å². The van der Waals surface area contributed by atoms with E-state index >= 15 is 0 Å². The molecule has 1 radical (unpaired) electrons. The van der Waals surface area contributed by atoms with Crippen LogP contribution in [0.25, 0.3) is 71.9 Å². The third-order valence-corrected chi connectivity index (χ3v) is 8.11. The van der Waals surface area contributed by atoms with Gasteiger partial charge in [0, 0.05) is 82.5 Å². The van der Waals surface area contributed by atoms with Crippen molar-refractivity contribution in [2.45, 2.75) is 27.4 Å². The summed E-state index contributed by atoms with van der Waals surface area (Å²) in [4.78, 5) is 13.2. The van der Waals surface area contributed by atoms with Crippen molar-refractivity contribution in [2.75, 3.05) is 0 Å². The van der Waals surface area contributed by atoms with Crippen LogP contribution >= 0.6 is 0 Å². The summed E-state index contributed by atoms with van der Waals surface area (Å²) in [5.74, 6) is 0. The Labute approximate surface area is 315 Å². The van der Waals surface area contributed by atoms with Crippen molar-refractivity contribution in [3.05, 3.63) is 156 Å². The third kappa shape index (κ3) is 5.95. The topological polar surface area (TPSA) is 56.7 Å². The predicted molar refractivity (Wildman–Crippen MR) is 195 cm³/mol. The molecule has 5 nitrogen and oxygen atoms in total. The fraction of sp³-hybridized carbons (Fsp3) is 0.0930. The van der Waals surface area contributed by atoms with E-state index in [-0.39, 0.29) is 47.9 Å². The molecule has 49 heavy (non-hydrogen) atoms. The summed E-state index contributed by atoms with van der Waals surface area (Å²) >= 11 is 0. The molecule has 9 aromatic rings. The maximum Gasteiger partial charge on any atom is 0.123 e. The van der Waals surface area contributed by atoms with E-state index in [1.807, 2.05) is 54.9 Å². The van der Waals surface area contributed by atoms with Crippen LogP contribution < -0.4 is 0 Å². The molecular weight excluding hydrogens is 781 g/mol. The first-order valence-electron chi connectivity index (χ1n) is 21.0. The van der Waals surface area contributed by atoms with E-state index in [0.29, 0.717) is 38.9 Å². The number of pyridine rings is 3. The van der Waals surface area contributed by atoms with Gasteiger partial charge < -0.3 is 19.0 Å². The zero-order valence-corrected chi connectivity index (χ0v) is 28.0. The molecule has 5 aromatic heterocycles. The number of para-hydroxylation sites is 1. The summed E-state index contributed by atoms with van der Waals surface area (Å²) in [5.41, 5.74) is 5.82. The number of benzene rings is 4. The van der Waals surface area contributed by atoms with Crippen molar-refractivity contribution in [3.63, 3.8) is 0 Å². The Morgan fingerprint density at radius 3 is 2.29 bits per heavy atom. The van der Waals surface area contributed by atoms with Gasteiger partial charge in [-0.15, -0.1) is 53.6 Å². The van der Waals surface area contributed by atoms with Crippen molar-refractivity contribution >= 4 is 43.7 Å². The molecule has 0 saturated carbocycles. The third-order valence-electron chi connectivity index (χ3n) is 8.11. The van der Waals surface area contributed by atoms with Crippen LogP contribution in [0.5, 0.6) is 0 Å². The first-order chi connectivity index (χ1) is 28.3. The van der Waals surface area contributed by atoms with Crippen LogP contribution in [0.4, 0.5) is 0 Å². The Balaban J connectivity index is 0.000000226. The number of nitrogens with zero attached hydrogens (tertiary/aromatic N) is 4. The first kappa shape index (κ1) is 20.8. The number of hydrogen-bond acceptors (Lipinski definition) is 4. The van der Waals surface area contributed by atoms with E-state index in [4.69, 9.17) is 25.9 Å². The summed E-state index contributed by atoms with van der Waals surface area (Å²) < 4.78 is 99.8. The fourth-order valence-electron chi connectivity index (χ4n) is 5.92. The Morgan fingerprint density at radius 2 is 1.51 bits per heavy atom. The van der Waals surface area contributed by atoms with E-state index in [1.165, 1.54) is 36.5 Å². The van der Waals surface area contributed by atoms with Gasteiger partial charge in [0.05, 0.1) is 17.3 Å². The average Bonchev–Trinajstić information content (AvgIpc) is 3.75. The van der Waals surface area contributed by atoms with Crippen LogP contribution in [-0.2, 0) is 20.1 Å². The SMILES string of the molecule is [2H]C([2H])([2H])c1c[c-]c(-c2ccc(C([2H])([2H])[2H])cn2)cc1.[2H]C([2H])([2H])c1cc(C([2H])([2H])[2H])c2oc3c(-c4cc5c(cn4)c4ccncc4n5-c4ccccc4)[c-]ccc3c2c1.[Ir]. The van der Waals surface area contributed by atoms with Gasteiger partial charge in [0.2, 0.25) is 0 Å². The van der Waals surface area contributed by atoms with Crippen LogP contribution in [0.1, 0.15) is 38.7 Å². The Bertz CT molecular complexity index is 2970.